The molecule has 3 heteroatoms. The number of carbonyl (C=O) groups excluding carboxylic acids is 1. The van der Waals surface area contributed by atoms with E-state index in [1.54, 1.807) is 12.1 Å². The molecule has 0 spiro atoms. The summed E-state index contributed by atoms with van der Waals surface area (Å²) in [4.78, 5) is 14.3. The van der Waals surface area contributed by atoms with E-state index in [1.807, 2.05) is 30.0 Å². The lowest BCUT2D eigenvalue weighted by molar-refractivity contribution is -0.118. The van der Waals surface area contributed by atoms with E-state index in [2.05, 4.69) is 6.07 Å². The molecule has 0 unspecified atom stereocenters. The normalized spacial score (nSPS) is 17.1. The molecule has 0 radical (unpaired) electrons. The van der Waals surface area contributed by atoms with Crippen molar-refractivity contribution in [3.05, 3.63) is 65.5 Å². The van der Waals surface area contributed by atoms with Crippen molar-refractivity contribution in [2.45, 2.75) is 25.8 Å². The van der Waals surface area contributed by atoms with Gasteiger partial charge in [0, 0.05) is 11.7 Å². The second kappa shape index (κ2) is 5.08. The van der Waals surface area contributed by atoms with Gasteiger partial charge < -0.3 is 4.90 Å². The summed E-state index contributed by atoms with van der Waals surface area (Å²) in [6.07, 6.45) is 1.11. The summed E-state index contributed by atoms with van der Waals surface area (Å²) in [6, 6.07) is 14.4. The highest BCUT2D eigenvalue weighted by Gasteiger charge is 2.30. The number of hydrogen-bond acceptors (Lipinski definition) is 1. The lowest BCUT2D eigenvalue weighted by Gasteiger charge is -2.22. The molecule has 1 aliphatic heterocycles. The number of nitrogens with zero attached hydrogens (tertiary/aromatic N) is 1. The van der Waals surface area contributed by atoms with E-state index in [4.69, 9.17) is 0 Å². The first kappa shape index (κ1) is 12.9. The number of carbonyl (C=O) groups is 1. The first-order valence-corrected chi connectivity index (χ1v) is 6.79. The summed E-state index contributed by atoms with van der Waals surface area (Å²) in [5.74, 6) is -0.279. The second-order valence-electron chi connectivity index (χ2n) is 5.25. The van der Waals surface area contributed by atoms with Gasteiger partial charge in [0.25, 0.3) is 0 Å². The van der Waals surface area contributed by atoms with Gasteiger partial charge in [-0.3, -0.25) is 4.79 Å². The Morgan fingerprint density at radius 1 is 1.25 bits per heavy atom. The number of anilines is 1. The minimum atomic E-state index is -0.301. The number of rotatable bonds is 2. The highest BCUT2D eigenvalue weighted by atomic mass is 19.1. The van der Waals surface area contributed by atoms with Crippen LogP contribution in [0.4, 0.5) is 10.1 Å². The zero-order valence-electron chi connectivity index (χ0n) is 11.3. The number of para-hydroxylation sites is 1. The fraction of sp³-hybridized carbons (Fsp3) is 0.235. The van der Waals surface area contributed by atoms with Crippen molar-refractivity contribution in [1.82, 2.24) is 0 Å². The maximum atomic E-state index is 13.2. The van der Waals surface area contributed by atoms with Crippen molar-refractivity contribution in [2.75, 3.05) is 4.90 Å². The molecule has 0 fully saturated rings. The highest BCUT2D eigenvalue weighted by Crippen LogP contribution is 2.32. The molecule has 1 aliphatic rings. The number of amides is 1. The first-order chi connectivity index (χ1) is 9.65. The third-order valence-corrected chi connectivity index (χ3v) is 3.72. The molecule has 2 nitrogen and oxygen atoms in total. The number of halogens is 1. The third-order valence-electron chi connectivity index (χ3n) is 3.72. The zero-order valence-corrected chi connectivity index (χ0v) is 11.3. The van der Waals surface area contributed by atoms with Gasteiger partial charge in [-0.05, 0) is 42.7 Å². The van der Waals surface area contributed by atoms with E-state index >= 15 is 0 Å². The quantitative estimate of drug-likeness (QED) is 0.818. The lowest BCUT2D eigenvalue weighted by Crippen LogP contribution is -2.36. The summed E-state index contributed by atoms with van der Waals surface area (Å²) in [7, 11) is 0. The molecule has 0 N–H and O–H groups in total. The van der Waals surface area contributed by atoms with E-state index in [9.17, 15) is 9.18 Å². The lowest BCUT2D eigenvalue weighted by atomic mass is 10.1. The van der Waals surface area contributed by atoms with Crippen LogP contribution in [0, 0.1) is 5.82 Å². The van der Waals surface area contributed by atoms with Gasteiger partial charge in [-0.1, -0.05) is 30.3 Å². The monoisotopic (exact) mass is 269 g/mol. The number of fused-ring (bicyclic) bond motifs is 1. The van der Waals surface area contributed by atoms with Crippen LogP contribution in [0.25, 0.3) is 0 Å². The van der Waals surface area contributed by atoms with Crippen molar-refractivity contribution in [1.29, 1.82) is 0 Å². The molecule has 3 rings (SSSR count). The zero-order chi connectivity index (χ0) is 14.1. The molecule has 2 aromatic rings. The first-order valence-electron chi connectivity index (χ1n) is 6.79. The number of hydrogen-bond donors (Lipinski definition) is 0. The van der Waals surface area contributed by atoms with Gasteiger partial charge in [0.2, 0.25) is 5.91 Å². The fourth-order valence-corrected chi connectivity index (χ4v) is 2.85. The molecule has 102 valence electrons. The average Bonchev–Trinajstić information content (AvgIpc) is 2.74. The molecule has 1 amide bonds. The van der Waals surface area contributed by atoms with E-state index < -0.39 is 0 Å². The van der Waals surface area contributed by atoms with Gasteiger partial charge in [-0.2, -0.15) is 0 Å². The van der Waals surface area contributed by atoms with Crippen molar-refractivity contribution >= 4 is 11.6 Å². The molecular weight excluding hydrogens is 253 g/mol. The fourth-order valence-electron chi connectivity index (χ4n) is 2.85. The molecule has 0 aliphatic carbocycles. The molecule has 2 aromatic carbocycles. The third kappa shape index (κ3) is 2.31. The van der Waals surface area contributed by atoms with Gasteiger partial charge in [0.1, 0.15) is 5.82 Å². The van der Waals surface area contributed by atoms with E-state index in [0.29, 0.717) is 5.56 Å². The summed E-state index contributed by atoms with van der Waals surface area (Å²) >= 11 is 0. The Morgan fingerprint density at radius 3 is 2.85 bits per heavy atom. The minimum Gasteiger partial charge on any atom is -0.309 e. The van der Waals surface area contributed by atoms with E-state index in [1.165, 1.54) is 17.7 Å². The summed E-state index contributed by atoms with van der Waals surface area (Å²) in [5, 5.41) is 0. The predicted octanol–water partition coefficient (Wildman–Crippen LogP) is 3.35. The van der Waals surface area contributed by atoms with Crippen LogP contribution < -0.4 is 4.90 Å². The molecule has 0 bridgehead atoms. The van der Waals surface area contributed by atoms with Crippen LogP contribution in [0.15, 0.2) is 48.5 Å². The van der Waals surface area contributed by atoms with Crippen LogP contribution in [0.2, 0.25) is 0 Å². The molecule has 1 heterocycles. The van der Waals surface area contributed by atoms with Crippen molar-refractivity contribution in [3.8, 4) is 0 Å². The smallest absolute Gasteiger partial charge is 0.231 e. The van der Waals surface area contributed by atoms with Gasteiger partial charge in [-0.25, -0.2) is 4.39 Å². The topological polar surface area (TPSA) is 20.3 Å². The van der Waals surface area contributed by atoms with E-state index in [-0.39, 0.29) is 24.2 Å². The van der Waals surface area contributed by atoms with Gasteiger partial charge in [0.15, 0.2) is 0 Å². The predicted molar refractivity (Wildman–Crippen MR) is 77.2 cm³/mol. The Morgan fingerprint density at radius 2 is 2.05 bits per heavy atom. The van der Waals surface area contributed by atoms with Gasteiger partial charge >= 0.3 is 0 Å². The van der Waals surface area contributed by atoms with Crippen molar-refractivity contribution in [2.24, 2.45) is 0 Å². The van der Waals surface area contributed by atoms with Gasteiger partial charge in [0.05, 0.1) is 6.42 Å². The molecule has 20 heavy (non-hydrogen) atoms. The highest BCUT2D eigenvalue weighted by molar-refractivity contribution is 5.97. The largest absolute Gasteiger partial charge is 0.309 e. The average molecular weight is 269 g/mol. The van der Waals surface area contributed by atoms with Gasteiger partial charge in [-0.15, -0.1) is 0 Å². The van der Waals surface area contributed by atoms with Crippen LogP contribution in [0.3, 0.4) is 0 Å². The van der Waals surface area contributed by atoms with Crippen LogP contribution in [-0.2, 0) is 17.6 Å². The standard InChI is InChI=1S/C17H16FNO/c1-12-9-14-6-2-3-8-16(14)19(12)17(20)11-13-5-4-7-15(18)10-13/h2-8,10,12H,9,11H2,1H3/t12-/m0/s1. The van der Waals surface area contributed by atoms with Crippen LogP contribution >= 0.6 is 0 Å². The summed E-state index contributed by atoms with van der Waals surface area (Å²) < 4.78 is 13.2. The van der Waals surface area contributed by atoms with E-state index in [0.717, 1.165) is 12.1 Å². The second-order valence-corrected chi connectivity index (χ2v) is 5.25. The molecule has 0 saturated heterocycles. The molecule has 0 saturated carbocycles. The van der Waals surface area contributed by atoms with Crippen molar-refractivity contribution in [3.63, 3.8) is 0 Å². The summed E-state index contributed by atoms with van der Waals surface area (Å²) in [6.45, 7) is 2.05. The SMILES string of the molecule is C[C@H]1Cc2ccccc2N1C(=O)Cc1cccc(F)c1. The van der Waals surface area contributed by atoms with Crippen LogP contribution in [-0.4, -0.2) is 11.9 Å². The Balaban J connectivity index is 1.84. The van der Waals surface area contributed by atoms with Crippen molar-refractivity contribution < 1.29 is 9.18 Å². The Bertz CT molecular complexity index is 653. The Labute approximate surface area is 117 Å². The molecule has 0 aromatic heterocycles. The molecule has 1 atom stereocenters. The minimum absolute atomic E-state index is 0.0213. The summed E-state index contributed by atoms with van der Waals surface area (Å²) in [5.41, 5.74) is 2.90. The number of benzene rings is 2. The maximum Gasteiger partial charge on any atom is 0.231 e. The van der Waals surface area contributed by atoms with Crippen LogP contribution in [0.1, 0.15) is 18.1 Å². The Hall–Kier alpha value is -2.16. The molecular formula is C17H16FNO. The van der Waals surface area contributed by atoms with Crippen LogP contribution in [0.5, 0.6) is 0 Å². The Kier molecular flexibility index (Phi) is 3.26. The maximum absolute atomic E-state index is 13.2.